The van der Waals surface area contributed by atoms with Gasteiger partial charge < -0.3 is 20.1 Å². The summed E-state index contributed by atoms with van der Waals surface area (Å²) in [5, 5.41) is 6.62. The summed E-state index contributed by atoms with van der Waals surface area (Å²) in [7, 11) is 0. The Morgan fingerprint density at radius 1 is 1.36 bits per heavy atom. The zero-order chi connectivity index (χ0) is 15.6. The molecule has 1 fully saturated rings. The van der Waals surface area contributed by atoms with Crippen molar-refractivity contribution in [3.8, 4) is 5.75 Å². The molecule has 0 saturated carbocycles. The number of hydrogen-bond donors (Lipinski definition) is 2. The van der Waals surface area contributed by atoms with Crippen LogP contribution in [0.5, 0.6) is 5.75 Å². The molecular formula is C17H27N3O2. The fraction of sp³-hybridized carbons (Fsp3) is 0.588. The Hall–Kier alpha value is -1.75. The summed E-state index contributed by atoms with van der Waals surface area (Å²) in [5.74, 6) is 1.73. The largest absolute Gasteiger partial charge is 0.494 e. The van der Waals surface area contributed by atoms with Crippen molar-refractivity contribution in [1.82, 2.24) is 10.6 Å². The van der Waals surface area contributed by atoms with Crippen LogP contribution in [-0.4, -0.2) is 38.4 Å². The molecule has 0 bridgehead atoms. The molecule has 1 unspecified atom stereocenters. The molecule has 1 aliphatic heterocycles. The summed E-state index contributed by atoms with van der Waals surface area (Å²) in [5.41, 5.74) is 1.14. The first-order chi connectivity index (χ1) is 10.8. The van der Waals surface area contributed by atoms with Gasteiger partial charge in [0.25, 0.3) is 0 Å². The van der Waals surface area contributed by atoms with E-state index in [1.165, 1.54) is 0 Å². The van der Waals surface area contributed by atoms with Gasteiger partial charge in [-0.2, -0.15) is 0 Å². The van der Waals surface area contributed by atoms with Crippen LogP contribution in [0.1, 0.15) is 32.3 Å². The van der Waals surface area contributed by atoms with E-state index in [1.54, 1.807) is 0 Å². The van der Waals surface area contributed by atoms with Crippen molar-refractivity contribution in [2.75, 3.05) is 26.3 Å². The van der Waals surface area contributed by atoms with Crippen LogP contribution < -0.4 is 15.4 Å². The summed E-state index contributed by atoms with van der Waals surface area (Å²) in [6, 6.07) is 8.08. The third kappa shape index (κ3) is 5.56. The molecule has 0 amide bonds. The number of ether oxygens (including phenoxy) is 2. The van der Waals surface area contributed by atoms with Crippen LogP contribution in [0, 0.1) is 0 Å². The number of rotatable bonds is 7. The van der Waals surface area contributed by atoms with Crippen LogP contribution in [-0.2, 0) is 11.3 Å². The standard InChI is InChI=1S/C17H27N3O2/c1-3-18-17(20-13-16-9-6-10-22-16)19-12-14-7-5-8-15(11-14)21-4-2/h5,7-8,11,16H,3-4,6,9-10,12-13H2,1-2H3,(H2,18,19,20). The van der Waals surface area contributed by atoms with E-state index >= 15 is 0 Å². The summed E-state index contributed by atoms with van der Waals surface area (Å²) in [6.07, 6.45) is 2.60. The average molecular weight is 305 g/mol. The molecule has 1 aliphatic rings. The van der Waals surface area contributed by atoms with Gasteiger partial charge in [0.2, 0.25) is 0 Å². The lowest BCUT2D eigenvalue weighted by Gasteiger charge is -2.14. The minimum Gasteiger partial charge on any atom is -0.494 e. The van der Waals surface area contributed by atoms with Gasteiger partial charge >= 0.3 is 0 Å². The molecule has 2 N–H and O–H groups in total. The molecule has 0 aromatic heterocycles. The van der Waals surface area contributed by atoms with Gasteiger partial charge in [-0.05, 0) is 44.4 Å². The lowest BCUT2D eigenvalue weighted by Crippen LogP contribution is -2.41. The van der Waals surface area contributed by atoms with Gasteiger partial charge in [-0.1, -0.05) is 12.1 Å². The van der Waals surface area contributed by atoms with Crippen molar-refractivity contribution >= 4 is 5.96 Å². The number of guanidine groups is 1. The average Bonchev–Trinajstić information content (AvgIpc) is 3.04. The maximum atomic E-state index is 5.63. The van der Waals surface area contributed by atoms with Crippen LogP contribution in [0.3, 0.4) is 0 Å². The topological polar surface area (TPSA) is 54.9 Å². The van der Waals surface area contributed by atoms with Gasteiger partial charge in [-0.15, -0.1) is 0 Å². The molecule has 22 heavy (non-hydrogen) atoms. The van der Waals surface area contributed by atoms with Gasteiger partial charge in [0.15, 0.2) is 5.96 Å². The number of aliphatic imine (C=N–C) groups is 1. The second kappa shape index (κ2) is 9.30. The molecule has 0 spiro atoms. The molecule has 122 valence electrons. The molecule has 1 heterocycles. The van der Waals surface area contributed by atoms with Gasteiger partial charge in [0.05, 0.1) is 19.3 Å². The molecular weight excluding hydrogens is 278 g/mol. The lowest BCUT2D eigenvalue weighted by atomic mass is 10.2. The van der Waals surface area contributed by atoms with Crippen LogP contribution in [0.25, 0.3) is 0 Å². The van der Waals surface area contributed by atoms with E-state index < -0.39 is 0 Å². The molecule has 2 rings (SSSR count). The molecule has 0 aliphatic carbocycles. The van der Waals surface area contributed by atoms with Crippen LogP contribution in [0.15, 0.2) is 29.3 Å². The van der Waals surface area contributed by atoms with Gasteiger partial charge in [-0.25, -0.2) is 4.99 Å². The van der Waals surface area contributed by atoms with E-state index in [0.717, 1.165) is 49.8 Å². The first kappa shape index (κ1) is 16.6. The fourth-order valence-electron chi connectivity index (χ4n) is 2.43. The minimum absolute atomic E-state index is 0.310. The third-order valence-corrected chi connectivity index (χ3v) is 3.49. The van der Waals surface area contributed by atoms with E-state index in [1.807, 2.05) is 25.1 Å². The lowest BCUT2D eigenvalue weighted by molar-refractivity contribution is 0.114. The van der Waals surface area contributed by atoms with Crippen molar-refractivity contribution in [1.29, 1.82) is 0 Å². The molecule has 0 radical (unpaired) electrons. The SMILES string of the molecule is CCNC(=NCc1cccc(OCC)c1)NCC1CCCO1. The van der Waals surface area contributed by atoms with Crippen molar-refractivity contribution in [3.05, 3.63) is 29.8 Å². The molecule has 5 heteroatoms. The predicted molar refractivity (Wildman–Crippen MR) is 89.4 cm³/mol. The summed E-state index contributed by atoms with van der Waals surface area (Å²) in [6.45, 7) is 7.90. The summed E-state index contributed by atoms with van der Waals surface area (Å²) < 4.78 is 11.1. The molecule has 5 nitrogen and oxygen atoms in total. The highest BCUT2D eigenvalue weighted by molar-refractivity contribution is 5.79. The number of benzene rings is 1. The first-order valence-corrected chi connectivity index (χ1v) is 8.17. The molecule has 1 aromatic rings. The maximum absolute atomic E-state index is 5.63. The van der Waals surface area contributed by atoms with Gasteiger partial charge in [0, 0.05) is 19.7 Å². The number of hydrogen-bond acceptors (Lipinski definition) is 3. The van der Waals surface area contributed by atoms with Gasteiger partial charge in [0.1, 0.15) is 5.75 Å². The second-order valence-corrected chi connectivity index (χ2v) is 5.29. The monoisotopic (exact) mass is 305 g/mol. The van der Waals surface area contributed by atoms with Crippen LogP contribution in [0.4, 0.5) is 0 Å². The van der Waals surface area contributed by atoms with Crippen LogP contribution in [0.2, 0.25) is 0 Å². The van der Waals surface area contributed by atoms with Gasteiger partial charge in [-0.3, -0.25) is 0 Å². The third-order valence-electron chi connectivity index (χ3n) is 3.49. The van der Waals surface area contributed by atoms with E-state index in [-0.39, 0.29) is 0 Å². The Balaban J connectivity index is 1.89. The fourth-order valence-corrected chi connectivity index (χ4v) is 2.43. The van der Waals surface area contributed by atoms with Crippen molar-refractivity contribution in [2.24, 2.45) is 4.99 Å². The Labute approximate surface area is 133 Å². The highest BCUT2D eigenvalue weighted by atomic mass is 16.5. The summed E-state index contributed by atoms with van der Waals surface area (Å²) >= 11 is 0. The Bertz CT molecular complexity index is 471. The quantitative estimate of drug-likeness (QED) is 0.599. The summed E-state index contributed by atoms with van der Waals surface area (Å²) in [4.78, 5) is 4.63. The first-order valence-electron chi connectivity index (χ1n) is 8.17. The van der Waals surface area contributed by atoms with E-state index in [9.17, 15) is 0 Å². The van der Waals surface area contributed by atoms with Crippen molar-refractivity contribution in [3.63, 3.8) is 0 Å². The highest BCUT2D eigenvalue weighted by Crippen LogP contribution is 2.14. The maximum Gasteiger partial charge on any atom is 0.191 e. The normalized spacial score (nSPS) is 18.3. The van der Waals surface area contributed by atoms with E-state index in [0.29, 0.717) is 19.3 Å². The van der Waals surface area contributed by atoms with Crippen molar-refractivity contribution < 1.29 is 9.47 Å². The smallest absolute Gasteiger partial charge is 0.191 e. The molecule has 1 atom stereocenters. The van der Waals surface area contributed by atoms with E-state index in [4.69, 9.17) is 9.47 Å². The van der Waals surface area contributed by atoms with Crippen LogP contribution >= 0.6 is 0 Å². The Morgan fingerprint density at radius 3 is 3.00 bits per heavy atom. The minimum atomic E-state index is 0.310. The molecule has 1 aromatic carbocycles. The number of nitrogens with one attached hydrogen (secondary N) is 2. The highest BCUT2D eigenvalue weighted by Gasteiger charge is 2.15. The Kier molecular flexibility index (Phi) is 7.03. The zero-order valence-corrected chi connectivity index (χ0v) is 13.6. The predicted octanol–water partition coefficient (Wildman–Crippen LogP) is 2.32. The zero-order valence-electron chi connectivity index (χ0n) is 13.6. The second-order valence-electron chi connectivity index (χ2n) is 5.29. The van der Waals surface area contributed by atoms with E-state index in [2.05, 4.69) is 28.6 Å². The molecule has 1 saturated heterocycles. The Morgan fingerprint density at radius 2 is 2.27 bits per heavy atom. The van der Waals surface area contributed by atoms with Crippen molar-refractivity contribution in [2.45, 2.75) is 39.3 Å². The number of nitrogens with zero attached hydrogens (tertiary/aromatic N) is 1.